The Bertz CT molecular complexity index is 362. The van der Waals surface area contributed by atoms with E-state index >= 15 is 0 Å². The van der Waals surface area contributed by atoms with Crippen LogP contribution >= 0.6 is 24.0 Å². The van der Waals surface area contributed by atoms with Crippen LogP contribution in [0.4, 0.5) is 13.2 Å². The quantitative estimate of drug-likeness (QED) is 0.638. The average molecular weight is 269 g/mol. The predicted octanol–water partition coefficient (Wildman–Crippen LogP) is 3.11. The first-order valence-electron chi connectivity index (χ1n) is 4.51. The van der Waals surface area contributed by atoms with Crippen LogP contribution in [0.5, 0.6) is 0 Å². The highest BCUT2D eigenvalue weighted by Crippen LogP contribution is 2.21. The van der Waals surface area contributed by atoms with Gasteiger partial charge in [0, 0.05) is 23.2 Å². The minimum absolute atomic E-state index is 0.0259. The molecule has 1 heterocycles. The van der Waals surface area contributed by atoms with Crippen LogP contribution in [0, 0.1) is 0 Å². The molecular weight excluding hydrogens is 259 g/mol. The van der Waals surface area contributed by atoms with E-state index in [0.29, 0.717) is 9.77 Å². The largest absolute Gasteiger partial charge is 0.389 e. The van der Waals surface area contributed by atoms with Crippen molar-refractivity contribution in [3.05, 3.63) is 16.3 Å². The Morgan fingerprint density at radius 3 is 2.69 bits per heavy atom. The zero-order valence-electron chi connectivity index (χ0n) is 8.17. The second kappa shape index (κ2) is 5.58. The van der Waals surface area contributed by atoms with Crippen LogP contribution in [-0.4, -0.2) is 18.6 Å². The van der Waals surface area contributed by atoms with E-state index < -0.39 is 12.6 Å². The number of hydrogen-bond acceptors (Lipinski definition) is 3. The van der Waals surface area contributed by atoms with E-state index in [0.717, 1.165) is 0 Å². The maximum atomic E-state index is 11.8. The van der Waals surface area contributed by atoms with Gasteiger partial charge in [-0.2, -0.15) is 13.2 Å². The third-order valence-corrected chi connectivity index (χ3v) is 3.09. The minimum atomic E-state index is -4.16. The summed E-state index contributed by atoms with van der Waals surface area (Å²) < 4.78 is 35.4. The lowest BCUT2D eigenvalue weighted by Gasteiger charge is -2.06. The van der Waals surface area contributed by atoms with Crippen molar-refractivity contribution in [1.29, 1.82) is 0 Å². The molecule has 16 heavy (non-hydrogen) atoms. The molecule has 2 nitrogen and oxygen atoms in total. The second-order valence-electron chi connectivity index (χ2n) is 3.14. The highest BCUT2D eigenvalue weighted by atomic mass is 32.1. The van der Waals surface area contributed by atoms with Crippen LogP contribution in [0.25, 0.3) is 0 Å². The summed E-state index contributed by atoms with van der Waals surface area (Å²) in [4.78, 5) is 12.5. The van der Waals surface area contributed by atoms with Crippen molar-refractivity contribution >= 4 is 29.9 Å². The molecule has 90 valence electrons. The molecule has 0 saturated heterocycles. The van der Waals surface area contributed by atoms with Gasteiger partial charge in [0.1, 0.15) is 0 Å². The number of carbonyl (C=O) groups is 1. The Hall–Kier alpha value is -0.690. The minimum Gasteiger partial charge on any atom is -0.351 e. The van der Waals surface area contributed by atoms with E-state index in [-0.39, 0.29) is 18.9 Å². The van der Waals surface area contributed by atoms with Gasteiger partial charge in [-0.1, -0.05) is 0 Å². The van der Waals surface area contributed by atoms with Crippen molar-refractivity contribution in [3.63, 3.8) is 0 Å². The zero-order chi connectivity index (χ0) is 12.2. The SMILES string of the molecule is O=C(NCCCC(F)(F)F)c1cc(S)cs1. The molecule has 1 amide bonds. The monoisotopic (exact) mass is 269 g/mol. The van der Waals surface area contributed by atoms with Crippen molar-refractivity contribution in [1.82, 2.24) is 5.32 Å². The smallest absolute Gasteiger partial charge is 0.351 e. The van der Waals surface area contributed by atoms with Crippen molar-refractivity contribution in [2.75, 3.05) is 6.54 Å². The number of halogens is 3. The van der Waals surface area contributed by atoms with E-state index in [4.69, 9.17) is 0 Å². The molecule has 0 spiro atoms. The van der Waals surface area contributed by atoms with Gasteiger partial charge in [-0.3, -0.25) is 4.79 Å². The Kier molecular flexibility index (Phi) is 4.67. The number of alkyl halides is 3. The molecule has 7 heteroatoms. The molecule has 0 saturated carbocycles. The number of nitrogens with one attached hydrogen (secondary N) is 1. The van der Waals surface area contributed by atoms with E-state index in [1.807, 2.05) is 0 Å². The summed E-state index contributed by atoms with van der Waals surface area (Å²) in [5.41, 5.74) is 0. The molecule has 0 atom stereocenters. The van der Waals surface area contributed by atoms with Crippen LogP contribution in [0.2, 0.25) is 0 Å². The Morgan fingerprint density at radius 2 is 2.19 bits per heavy atom. The molecule has 1 rings (SSSR count). The first-order valence-corrected chi connectivity index (χ1v) is 5.83. The summed E-state index contributed by atoms with van der Waals surface area (Å²) in [5.74, 6) is -0.354. The number of hydrogen-bond donors (Lipinski definition) is 2. The van der Waals surface area contributed by atoms with E-state index in [1.54, 1.807) is 11.4 Å². The fraction of sp³-hybridized carbons (Fsp3) is 0.444. The maximum absolute atomic E-state index is 11.8. The lowest BCUT2D eigenvalue weighted by atomic mass is 10.3. The number of rotatable bonds is 4. The van der Waals surface area contributed by atoms with Gasteiger partial charge in [0.2, 0.25) is 0 Å². The summed E-state index contributed by atoms with van der Waals surface area (Å²) in [5, 5.41) is 4.11. The van der Waals surface area contributed by atoms with Gasteiger partial charge in [0.05, 0.1) is 4.88 Å². The number of carbonyl (C=O) groups excluding carboxylic acids is 1. The van der Waals surface area contributed by atoms with Gasteiger partial charge in [-0.15, -0.1) is 24.0 Å². The highest BCUT2D eigenvalue weighted by Gasteiger charge is 2.26. The molecule has 0 aliphatic carbocycles. The average Bonchev–Trinajstić information content (AvgIpc) is 2.57. The van der Waals surface area contributed by atoms with Crippen LogP contribution in [0.15, 0.2) is 16.3 Å². The van der Waals surface area contributed by atoms with E-state index in [9.17, 15) is 18.0 Å². The molecule has 0 radical (unpaired) electrons. The lowest BCUT2D eigenvalue weighted by Crippen LogP contribution is -2.24. The van der Waals surface area contributed by atoms with Crippen LogP contribution < -0.4 is 5.32 Å². The summed E-state index contributed by atoms with van der Waals surface area (Å²) in [6.07, 6.45) is -5.14. The fourth-order valence-electron chi connectivity index (χ4n) is 1.02. The standard InChI is InChI=1S/C9H10F3NOS2/c10-9(11,12)2-1-3-13-8(14)7-4-6(15)5-16-7/h4-5,15H,1-3H2,(H,13,14). The highest BCUT2D eigenvalue weighted by molar-refractivity contribution is 7.80. The summed E-state index contributed by atoms with van der Waals surface area (Å²) in [6.45, 7) is 0.0259. The molecule has 1 aromatic heterocycles. The Labute approximate surface area is 100 Å². The first kappa shape index (κ1) is 13.4. The normalized spacial score (nSPS) is 11.5. The van der Waals surface area contributed by atoms with Crippen molar-refractivity contribution in [3.8, 4) is 0 Å². The van der Waals surface area contributed by atoms with Gasteiger partial charge in [-0.25, -0.2) is 0 Å². The van der Waals surface area contributed by atoms with Crippen molar-refractivity contribution in [2.45, 2.75) is 23.9 Å². The maximum Gasteiger partial charge on any atom is 0.389 e. The third-order valence-electron chi connectivity index (χ3n) is 1.73. The topological polar surface area (TPSA) is 29.1 Å². The fourth-order valence-corrected chi connectivity index (χ4v) is 2.09. The number of thiophene rings is 1. The zero-order valence-corrected chi connectivity index (χ0v) is 9.88. The molecule has 1 N–H and O–H groups in total. The van der Waals surface area contributed by atoms with Gasteiger partial charge < -0.3 is 5.32 Å². The van der Waals surface area contributed by atoms with Gasteiger partial charge in [0.25, 0.3) is 5.91 Å². The Balaban J connectivity index is 2.26. The molecule has 0 aromatic carbocycles. The van der Waals surface area contributed by atoms with Gasteiger partial charge >= 0.3 is 6.18 Å². The third kappa shape index (κ3) is 4.89. The Morgan fingerprint density at radius 1 is 1.50 bits per heavy atom. The number of amides is 1. The van der Waals surface area contributed by atoms with Gasteiger partial charge in [0.15, 0.2) is 0 Å². The van der Waals surface area contributed by atoms with Gasteiger partial charge in [-0.05, 0) is 12.5 Å². The second-order valence-corrected chi connectivity index (χ2v) is 4.57. The molecule has 0 aliphatic rings. The summed E-state index contributed by atoms with van der Waals surface area (Å²) >= 11 is 5.24. The molecule has 0 aliphatic heterocycles. The molecular formula is C9H10F3NOS2. The summed E-state index contributed by atoms with van der Waals surface area (Å²) in [7, 11) is 0. The molecule has 0 unspecified atom stereocenters. The van der Waals surface area contributed by atoms with Crippen molar-refractivity contribution in [2.24, 2.45) is 0 Å². The molecule has 1 aromatic rings. The van der Waals surface area contributed by atoms with Crippen LogP contribution in [0.3, 0.4) is 0 Å². The van der Waals surface area contributed by atoms with Crippen LogP contribution in [-0.2, 0) is 0 Å². The molecule has 0 fully saturated rings. The van der Waals surface area contributed by atoms with E-state index in [2.05, 4.69) is 17.9 Å². The molecule has 0 bridgehead atoms. The lowest BCUT2D eigenvalue weighted by molar-refractivity contribution is -0.135. The number of thiol groups is 1. The summed E-state index contributed by atoms with van der Waals surface area (Å²) in [6, 6.07) is 1.58. The van der Waals surface area contributed by atoms with Crippen molar-refractivity contribution < 1.29 is 18.0 Å². The van der Waals surface area contributed by atoms with Crippen LogP contribution in [0.1, 0.15) is 22.5 Å². The van der Waals surface area contributed by atoms with E-state index in [1.165, 1.54) is 11.3 Å². The predicted molar refractivity (Wildman–Crippen MR) is 59.2 cm³/mol. The first-order chi connectivity index (χ1) is 7.38.